The molecule has 1 N–H and O–H groups in total. The number of benzene rings is 1. The maximum atomic E-state index is 12.7. The van der Waals surface area contributed by atoms with Crippen LogP contribution in [0.5, 0.6) is 5.75 Å². The summed E-state index contributed by atoms with van der Waals surface area (Å²) in [7, 11) is 1.66. The lowest BCUT2D eigenvalue weighted by atomic mass is 10.2. The van der Waals surface area contributed by atoms with Crippen LogP contribution in [0.1, 0.15) is 30.3 Å². The van der Waals surface area contributed by atoms with Gasteiger partial charge in [-0.15, -0.1) is 0 Å². The fraction of sp³-hybridized carbons (Fsp3) is 0.318. The highest BCUT2D eigenvalue weighted by Gasteiger charge is 2.17. The minimum atomic E-state index is -0.0948. The number of ether oxygens (including phenoxy) is 1. The summed E-state index contributed by atoms with van der Waals surface area (Å²) in [5, 5.41) is 2.97. The van der Waals surface area contributed by atoms with Crippen molar-refractivity contribution in [2.24, 2.45) is 0 Å². The number of hydrogen-bond acceptors (Lipinski definition) is 4. The van der Waals surface area contributed by atoms with Crippen LogP contribution in [0.4, 0.5) is 4.79 Å². The summed E-state index contributed by atoms with van der Waals surface area (Å²) in [4.78, 5) is 23.0. The van der Waals surface area contributed by atoms with Crippen molar-refractivity contribution in [3.05, 3.63) is 78.1 Å². The molecule has 0 radical (unpaired) electrons. The second-order valence-corrected chi connectivity index (χ2v) is 6.76. The molecule has 0 bridgehead atoms. The van der Waals surface area contributed by atoms with Crippen LogP contribution in [-0.2, 0) is 19.6 Å². The smallest absolute Gasteiger partial charge is 0.318 e. The fourth-order valence-corrected chi connectivity index (χ4v) is 2.99. The number of carbonyl (C=O) groups excluding carboxylic acids is 1. The molecule has 29 heavy (non-hydrogen) atoms. The third kappa shape index (κ3) is 5.81. The monoisotopic (exact) mass is 393 g/mol. The van der Waals surface area contributed by atoms with Crippen molar-refractivity contribution in [2.45, 2.75) is 33.0 Å². The molecule has 0 aliphatic carbocycles. The van der Waals surface area contributed by atoms with E-state index in [0.717, 1.165) is 29.1 Å². The molecule has 1 aromatic carbocycles. The van der Waals surface area contributed by atoms with Crippen LogP contribution in [-0.4, -0.2) is 39.1 Å². The van der Waals surface area contributed by atoms with Gasteiger partial charge in [0.25, 0.3) is 0 Å². The highest BCUT2D eigenvalue weighted by atomic mass is 16.5. The Kier molecular flexibility index (Phi) is 7.22. The summed E-state index contributed by atoms with van der Waals surface area (Å²) in [5.41, 5.74) is 2.17. The molecule has 2 aromatic heterocycles. The number of pyridine rings is 1. The molecule has 0 saturated heterocycles. The van der Waals surface area contributed by atoms with Crippen LogP contribution in [0.3, 0.4) is 0 Å². The Morgan fingerprint density at radius 1 is 1.07 bits per heavy atom. The molecule has 7 heteroatoms. The number of amides is 2. The molecule has 0 atom stereocenters. The van der Waals surface area contributed by atoms with E-state index >= 15 is 0 Å². The minimum absolute atomic E-state index is 0.0948. The maximum absolute atomic E-state index is 12.7. The molecule has 0 aliphatic rings. The van der Waals surface area contributed by atoms with E-state index in [4.69, 9.17) is 4.74 Å². The van der Waals surface area contributed by atoms with Gasteiger partial charge in [0, 0.05) is 44.4 Å². The molecular formula is C22H27N5O2. The van der Waals surface area contributed by atoms with E-state index in [1.54, 1.807) is 30.6 Å². The van der Waals surface area contributed by atoms with Gasteiger partial charge in [-0.05, 0) is 41.8 Å². The van der Waals surface area contributed by atoms with Crippen molar-refractivity contribution in [1.82, 2.24) is 24.8 Å². The number of rotatable bonds is 9. The Labute approximate surface area is 171 Å². The van der Waals surface area contributed by atoms with E-state index in [1.165, 1.54) is 0 Å². The number of aromatic nitrogens is 3. The van der Waals surface area contributed by atoms with E-state index in [-0.39, 0.29) is 6.03 Å². The molecule has 3 rings (SSSR count). The molecular weight excluding hydrogens is 366 g/mol. The summed E-state index contributed by atoms with van der Waals surface area (Å²) in [5.74, 6) is 1.66. The van der Waals surface area contributed by atoms with E-state index in [9.17, 15) is 4.79 Å². The molecule has 152 valence electrons. The number of methoxy groups -OCH3 is 1. The normalized spacial score (nSPS) is 10.6. The van der Waals surface area contributed by atoms with Crippen LogP contribution >= 0.6 is 0 Å². The Bertz CT molecular complexity index is 893. The standard InChI is InChI=1S/C22H27N5O2/c1-3-10-25-22(28)27(16-19-8-11-23-12-9-19)17-21-24-13-14-26(21)15-18-4-6-20(29-2)7-5-18/h4-9,11-14H,3,10,15-17H2,1-2H3,(H,25,28). The van der Waals surface area contributed by atoms with Crippen molar-refractivity contribution >= 4 is 6.03 Å². The van der Waals surface area contributed by atoms with Crippen LogP contribution in [0, 0.1) is 0 Å². The molecule has 0 unspecified atom stereocenters. The Morgan fingerprint density at radius 3 is 2.52 bits per heavy atom. The van der Waals surface area contributed by atoms with E-state index in [1.807, 2.05) is 49.5 Å². The van der Waals surface area contributed by atoms with Crippen molar-refractivity contribution in [3.8, 4) is 5.75 Å². The van der Waals surface area contributed by atoms with Gasteiger partial charge in [0.1, 0.15) is 11.6 Å². The fourth-order valence-electron chi connectivity index (χ4n) is 2.99. The molecule has 0 spiro atoms. The number of urea groups is 1. The molecule has 7 nitrogen and oxygen atoms in total. The van der Waals surface area contributed by atoms with Crippen molar-refractivity contribution in [1.29, 1.82) is 0 Å². The maximum Gasteiger partial charge on any atom is 0.318 e. The molecule has 0 saturated carbocycles. The number of imidazole rings is 1. The second kappa shape index (κ2) is 10.3. The van der Waals surface area contributed by atoms with Gasteiger partial charge in [0.15, 0.2) is 0 Å². The quantitative estimate of drug-likeness (QED) is 0.604. The number of nitrogens with zero attached hydrogens (tertiary/aromatic N) is 4. The van der Waals surface area contributed by atoms with E-state index < -0.39 is 0 Å². The van der Waals surface area contributed by atoms with Gasteiger partial charge >= 0.3 is 6.03 Å². The largest absolute Gasteiger partial charge is 0.497 e. The van der Waals surface area contributed by atoms with E-state index in [2.05, 4.69) is 19.9 Å². The van der Waals surface area contributed by atoms with Gasteiger partial charge in [-0.25, -0.2) is 9.78 Å². The van der Waals surface area contributed by atoms with Crippen LogP contribution < -0.4 is 10.1 Å². The summed E-state index contributed by atoms with van der Waals surface area (Å²) < 4.78 is 7.29. The number of hydrogen-bond donors (Lipinski definition) is 1. The highest BCUT2D eigenvalue weighted by molar-refractivity contribution is 5.74. The van der Waals surface area contributed by atoms with Crippen molar-refractivity contribution in [2.75, 3.05) is 13.7 Å². The average Bonchev–Trinajstić information content (AvgIpc) is 3.19. The predicted octanol–water partition coefficient (Wildman–Crippen LogP) is 3.46. The van der Waals surface area contributed by atoms with Crippen molar-refractivity contribution < 1.29 is 9.53 Å². The van der Waals surface area contributed by atoms with Crippen LogP contribution in [0.25, 0.3) is 0 Å². The number of nitrogens with one attached hydrogen (secondary N) is 1. The zero-order valence-electron chi connectivity index (χ0n) is 16.9. The molecule has 0 aliphatic heterocycles. The summed E-state index contributed by atoms with van der Waals surface area (Å²) in [6.07, 6.45) is 8.08. The van der Waals surface area contributed by atoms with Crippen LogP contribution in [0.2, 0.25) is 0 Å². The first-order chi connectivity index (χ1) is 14.2. The zero-order valence-corrected chi connectivity index (χ0v) is 16.9. The third-order valence-electron chi connectivity index (χ3n) is 4.58. The molecule has 0 fully saturated rings. The Balaban J connectivity index is 1.74. The molecule has 2 amide bonds. The van der Waals surface area contributed by atoms with E-state index in [0.29, 0.717) is 26.2 Å². The molecule has 3 aromatic rings. The third-order valence-corrected chi connectivity index (χ3v) is 4.58. The van der Waals surface area contributed by atoms with Gasteiger partial charge in [0.2, 0.25) is 0 Å². The second-order valence-electron chi connectivity index (χ2n) is 6.76. The lowest BCUT2D eigenvalue weighted by molar-refractivity contribution is 0.190. The van der Waals surface area contributed by atoms with Gasteiger partial charge in [-0.1, -0.05) is 19.1 Å². The first kappa shape index (κ1) is 20.4. The predicted molar refractivity (Wildman–Crippen MR) is 111 cm³/mol. The van der Waals surface area contributed by atoms with Gasteiger partial charge in [-0.3, -0.25) is 4.98 Å². The summed E-state index contributed by atoms with van der Waals surface area (Å²) >= 11 is 0. The highest BCUT2D eigenvalue weighted by Crippen LogP contribution is 2.14. The first-order valence-electron chi connectivity index (χ1n) is 9.74. The van der Waals surface area contributed by atoms with Gasteiger partial charge in [0.05, 0.1) is 13.7 Å². The summed E-state index contributed by atoms with van der Waals surface area (Å²) in [6.45, 7) is 4.27. The Hall–Kier alpha value is -3.35. The number of carbonyl (C=O) groups is 1. The molecule has 2 heterocycles. The average molecular weight is 393 g/mol. The van der Waals surface area contributed by atoms with Gasteiger partial charge < -0.3 is 19.5 Å². The van der Waals surface area contributed by atoms with Crippen molar-refractivity contribution in [3.63, 3.8) is 0 Å². The topological polar surface area (TPSA) is 72.3 Å². The Morgan fingerprint density at radius 2 is 1.83 bits per heavy atom. The van der Waals surface area contributed by atoms with Crippen LogP contribution in [0.15, 0.2) is 61.2 Å². The zero-order chi connectivity index (χ0) is 20.5. The van der Waals surface area contributed by atoms with Gasteiger partial charge in [-0.2, -0.15) is 0 Å². The lowest BCUT2D eigenvalue weighted by Gasteiger charge is -2.23. The lowest BCUT2D eigenvalue weighted by Crippen LogP contribution is -2.40. The summed E-state index contributed by atoms with van der Waals surface area (Å²) in [6, 6.07) is 11.7. The minimum Gasteiger partial charge on any atom is -0.497 e. The first-order valence-corrected chi connectivity index (χ1v) is 9.74. The SMILES string of the molecule is CCCNC(=O)N(Cc1ccncc1)Cc1nccn1Cc1ccc(OC)cc1.